The van der Waals surface area contributed by atoms with Crippen molar-refractivity contribution in [3.05, 3.63) is 53.6 Å². The van der Waals surface area contributed by atoms with Gasteiger partial charge in [0.25, 0.3) is 5.91 Å². The number of aliphatic carboxylic acids is 1. The number of benzene rings is 2. The maximum atomic E-state index is 12.5. The van der Waals surface area contributed by atoms with Gasteiger partial charge in [0.05, 0.1) is 13.2 Å². The van der Waals surface area contributed by atoms with Crippen molar-refractivity contribution in [1.82, 2.24) is 0 Å². The van der Waals surface area contributed by atoms with Crippen molar-refractivity contribution in [1.29, 1.82) is 0 Å². The Morgan fingerprint density at radius 2 is 1.85 bits per heavy atom. The second-order valence-corrected chi connectivity index (χ2v) is 6.26. The molecule has 0 unspecified atom stereocenters. The monoisotopic (exact) mass is 370 g/mol. The van der Waals surface area contributed by atoms with E-state index in [9.17, 15) is 9.59 Å². The Balaban J connectivity index is 1.64. The standard InChI is InChI=1S/C20H22N2O5/c1-14-12-16(22-8-10-26-11-9-22)4-7-18(14)21-20(25)15-2-5-17(6-3-15)27-13-19(23)24/h2-7,12H,8-11,13H2,1H3,(H,21,25)(H,23,24). The summed E-state index contributed by atoms with van der Waals surface area (Å²) in [6.07, 6.45) is 0. The fourth-order valence-corrected chi connectivity index (χ4v) is 2.85. The molecule has 0 spiro atoms. The molecule has 2 aromatic rings. The van der Waals surface area contributed by atoms with Gasteiger partial charge in [0.1, 0.15) is 5.75 Å². The minimum Gasteiger partial charge on any atom is -0.482 e. The van der Waals surface area contributed by atoms with Crippen LogP contribution in [0.5, 0.6) is 5.75 Å². The Labute approximate surface area is 157 Å². The molecule has 27 heavy (non-hydrogen) atoms. The number of hydrogen-bond donors (Lipinski definition) is 2. The smallest absolute Gasteiger partial charge is 0.341 e. The molecule has 1 amide bonds. The number of amides is 1. The van der Waals surface area contributed by atoms with Gasteiger partial charge < -0.3 is 24.8 Å². The molecule has 0 aromatic heterocycles. The number of aryl methyl sites for hydroxylation is 1. The summed E-state index contributed by atoms with van der Waals surface area (Å²) in [5.41, 5.74) is 3.32. The van der Waals surface area contributed by atoms with Crippen LogP contribution in [0.3, 0.4) is 0 Å². The minimum absolute atomic E-state index is 0.234. The summed E-state index contributed by atoms with van der Waals surface area (Å²) < 4.78 is 10.4. The molecule has 2 aromatic carbocycles. The van der Waals surface area contributed by atoms with Crippen LogP contribution in [-0.4, -0.2) is 49.9 Å². The predicted molar refractivity (Wildman–Crippen MR) is 102 cm³/mol. The first-order valence-corrected chi connectivity index (χ1v) is 8.72. The van der Waals surface area contributed by atoms with Gasteiger partial charge >= 0.3 is 5.97 Å². The molecule has 3 rings (SSSR count). The van der Waals surface area contributed by atoms with Crippen LogP contribution in [0, 0.1) is 6.92 Å². The normalized spacial score (nSPS) is 13.9. The van der Waals surface area contributed by atoms with Crippen LogP contribution in [0.25, 0.3) is 0 Å². The van der Waals surface area contributed by atoms with E-state index in [2.05, 4.69) is 16.3 Å². The third kappa shape index (κ3) is 4.98. The molecule has 2 N–H and O–H groups in total. The highest BCUT2D eigenvalue weighted by molar-refractivity contribution is 6.04. The number of ether oxygens (including phenoxy) is 2. The van der Waals surface area contributed by atoms with Crippen LogP contribution in [-0.2, 0) is 9.53 Å². The van der Waals surface area contributed by atoms with Crippen LogP contribution in [0.4, 0.5) is 11.4 Å². The summed E-state index contributed by atoms with van der Waals surface area (Å²) in [5, 5.41) is 11.5. The number of rotatable bonds is 6. The van der Waals surface area contributed by atoms with Gasteiger partial charge in [-0.15, -0.1) is 0 Å². The predicted octanol–water partition coefficient (Wildman–Crippen LogP) is 2.55. The fraction of sp³-hybridized carbons (Fsp3) is 0.300. The van der Waals surface area contributed by atoms with Crippen molar-refractivity contribution in [3.8, 4) is 5.75 Å². The van der Waals surface area contributed by atoms with Crippen LogP contribution in [0.2, 0.25) is 0 Å². The highest BCUT2D eigenvalue weighted by Crippen LogP contribution is 2.24. The molecular weight excluding hydrogens is 348 g/mol. The van der Waals surface area contributed by atoms with E-state index in [0.29, 0.717) is 11.3 Å². The van der Waals surface area contributed by atoms with Crippen LogP contribution < -0.4 is 15.0 Å². The van der Waals surface area contributed by atoms with Gasteiger partial charge in [-0.3, -0.25) is 4.79 Å². The molecule has 0 aliphatic carbocycles. The van der Waals surface area contributed by atoms with Crippen molar-refractivity contribution in [2.24, 2.45) is 0 Å². The number of morpholine rings is 1. The van der Waals surface area contributed by atoms with E-state index in [1.807, 2.05) is 19.1 Å². The van der Waals surface area contributed by atoms with Gasteiger partial charge in [-0.25, -0.2) is 4.79 Å². The average Bonchev–Trinajstić information content (AvgIpc) is 2.69. The minimum atomic E-state index is -1.05. The van der Waals surface area contributed by atoms with Gasteiger partial charge in [0.2, 0.25) is 0 Å². The Kier molecular flexibility index (Phi) is 5.93. The number of anilines is 2. The van der Waals surface area contributed by atoms with E-state index in [4.69, 9.17) is 14.6 Å². The molecule has 7 nitrogen and oxygen atoms in total. The van der Waals surface area contributed by atoms with Gasteiger partial charge in [-0.2, -0.15) is 0 Å². The molecule has 0 atom stereocenters. The number of carboxylic acid groups (broad SMARTS) is 1. The molecule has 0 saturated carbocycles. The zero-order valence-electron chi connectivity index (χ0n) is 15.1. The Hall–Kier alpha value is -3.06. The molecule has 0 radical (unpaired) electrons. The SMILES string of the molecule is Cc1cc(N2CCOCC2)ccc1NC(=O)c1ccc(OCC(=O)O)cc1. The average molecular weight is 370 g/mol. The zero-order valence-corrected chi connectivity index (χ0v) is 15.1. The lowest BCUT2D eigenvalue weighted by Crippen LogP contribution is -2.36. The second-order valence-electron chi connectivity index (χ2n) is 6.26. The van der Waals surface area contributed by atoms with Crippen molar-refractivity contribution in [3.63, 3.8) is 0 Å². The van der Waals surface area contributed by atoms with Crippen molar-refractivity contribution in [2.75, 3.05) is 43.1 Å². The lowest BCUT2D eigenvalue weighted by Gasteiger charge is -2.29. The highest BCUT2D eigenvalue weighted by Gasteiger charge is 2.13. The molecule has 142 valence electrons. The van der Waals surface area contributed by atoms with Crippen LogP contribution in [0.15, 0.2) is 42.5 Å². The lowest BCUT2D eigenvalue weighted by molar-refractivity contribution is -0.139. The van der Waals surface area contributed by atoms with Gasteiger partial charge in [0.15, 0.2) is 6.61 Å². The summed E-state index contributed by atoms with van der Waals surface area (Å²) >= 11 is 0. The van der Waals surface area contributed by atoms with E-state index in [1.165, 1.54) is 0 Å². The van der Waals surface area contributed by atoms with Gasteiger partial charge in [0, 0.05) is 30.0 Å². The molecule has 0 bridgehead atoms. The van der Waals surface area contributed by atoms with Crippen molar-refractivity contribution in [2.45, 2.75) is 6.92 Å². The first-order chi connectivity index (χ1) is 13.0. The molecule has 1 fully saturated rings. The number of nitrogens with zero attached hydrogens (tertiary/aromatic N) is 1. The molecule has 1 aliphatic rings. The first-order valence-electron chi connectivity index (χ1n) is 8.72. The Bertz CT molecular complexity index is 814. The summed E-state index contributed by atoms with van der Waals surface area (Å²) in [6, 6.07) is 12.3. The zero-order chi connectivity index (χ0) is 19.2. The van der Waals surface area contributed by atoms with Crippen molar-refractivity contribution < 1.29 is 24.2 Å². The van der Waals surface area contributed by atoms with E-state index in [-0.39, 0.29) is 5.91 Å². The maximum Gasteiger partial charge on any atom is 0.341 e. The largest absolute Gasteiger partial charge is 0.482 e. The van der Waals surface area contributed by atoms with Crippen LogP contribution in [0.1, 0.15) is 15.9 Å². The lowest BCUT2D eigenvalue weighted by atomic mass is 10.1. The molecule has 1 aliphatic heterocycles. The number of hydrogen-bond acceptors (Lipinski definition) is 5. The number of nitrogens with one attached hydrogen (secondary N) is 1. The van der Waals surface area contributed by atoms with Gasteiger partial charge in [-0.1, -0.05) is 0 Å². The second kappa shape index (κ2) is 8.55. The maximum absolute atomic E-state index is 12.5. The number of carboxylic acids is 1. The molecule has 7 heteroatoms. The first kappa shape index (κ1) is 18.7. The topological polar surface area (TPSA) is 88.1 Å². The summed E-state index contributed by atoms with van der Waals surface area (Å²) in [7, 11) is 0. The quantitative estimate of drug-likeness (QED) is 0.812. The Morgan fingerprint density at radius 1 is 1.15 bits per heavy atom. The van der Waals surface area contributed by atoms with Crippen LogP contribution >= 0.6 is 0 Å². The summed E-state index contributed by atoms with van der Waals surface area (Å²) in [5.74, 6) is -0.880. The van der Waals surface area contributed by atoms with E-state index in [1.54, 1.807) is 24.3 Å². The molecule has 1 saturated heterocycles. The van der Waals surface area contributed by atoms with Gasteiger partial charge in [-0.05, 0) is 55.0 Å². The number of carbonyl (C=O) groups is 2. The fourth-order valence-electron chi connectivity index (χ4n) is 2.85. The van der Waals surface area contributed by atoms with Crippen molar-refractivity contribution >= 4 is 23.3 Å². The van der Waals surface area contributed by atoms with E-state index >= 15 is 0 Å². The van der Waals surface area contributed by atoms with E-state index < -0.39 is 12.6 Å². The third-order valence-electron chi connectivity index (χ3n) is 4.31. The Morgan fingerprint density at radius 3 is 2.48 bits per heavy atom. The third-order valence-corrected chi connectivity index (χ3v) is 4.31. The summed E-state index contributed by atoms with van der Waals surface area (Å²) in [4.78, 5) is 25.2. The summed E-state index contributed by atoms with van der Waals surface area (Å²) in [6.45, 7) is 4.72. The number of carbonyl (C=O) groups excluding carboxylic acids is 1. The molecule has 1 heterocycles. The highest BCUT2D eigenvalue weighted by atomic mass is 16.5. The van der Waals surface area contributed by atoms with E-state index in [0.717, 1.165) is 43.2 Å². The molecular formula is C20H22N2O5.